The highest BCUT2D eigenvalue weighted by Gasteiger charge is 2.18. The second kappa shape index (κ2) is 7.44. The number of hydrogen-bond acceptors (Lipinski definition) is 4. The van der Waals surface area contributed by atoms with Crippen molar-refractivity contribution in [2.45, 2.75) is 32.8 Å². The van der Waals surface area contributed by atoms with E-state index in [-0.39, 0.29) is 5.41 Å². The molecule has 3 aromatic rings. The highest BCUT2D eigenvalue weighted by Crippen LogP contribution is 2.31. The fourth-order valence-electron chi connectivity index (χ4n) is 2.68. The molecule has 0 saturated heterocycles. The monoisotopic (exact) mass is 350 g/mol. The smallest absolute Gasteiger partial charge is 0.231 e. The highest BCUT2D eigenvalue weighted by molar-refractivity contribution is 5.71. The Kier molecular flexibility index (Phi) is 5.07. The predicted molar refractivity (Wildman–Crippen MR) is 101 cm³/mol. The largest absolute Gasteiger partial charge is 0.489 e. The summed E-state index contributed by atoms with van der Waals surface area (Å²) >= 11 is 0. The van der Waals surface area contributed by atoms with Crippen LogP contribution in [-0.2, 0) is 16.8 Å². The summed E-state index contributed by atoms with van der Waals surface area (Å²) < 4.78 is 11.1. The van der Waals surface area contributed by atoms with Crippen molar-refractivity contribution in [2.75, 3.05) is 5.32 Å². The van der Waals surface area contributed by atoms with Gasteiger partial charge in [-0.15, -0.1) is 0 Å². The summed E-state index contributed by atoms with van der Waals surface area (Å²) in [5.41, 5.74) is 3.86. The molecule has 0 atom stereocenters. The van der Waals surface area contributed by atoms with Crippen molar-refractivity contribution in [1.82, 2.24) is 5.16 Å². The number of hydrogen-bond donors (Lipinski definition) is 1. The second-order valence-corrected chi connectivity index (χ2v) is 7.07. The van der Waals surface area contributed by atoms with Gasteiger partial charge in [-0.2, -0.15) is 0 Å². The van der Waals surface area contributed by atoms with Gasteiger partial charge in [-0.3, -0.25) is 10.1 Å². The lowest BCUT2D eigenvalue weighted by Gasteiger charge is -2.22. The lowest BCUT2D eigenvalue weighted by atomic mass is 9.86. The van der Waals surface area contributed by atoms with E-state index < -0.39 is 0 Å². The average molecular weight is 350 g/mol. The van der Waals surface area contributed by atoms with Crippen molar-refractivity contribution >= 4 is 12.3 Å². The van der Waals surface area contributed by atoms with Crippen LogP contribution in [0.2, 0.25) is 0 Å². The summed E-state index contributed by atoms with van der Waals surface area (Å²) in [6.07, 6.45) is 0.556. The summed E-state index contributed by atoms with van der Waals surface area (Å²) in [6, 6.07) is 17.7. The van der Waals surface area contributed by atoms with Gasteiger partial charge in [-0.25, -0.2) is 0 Å². The number of amides is 1. The molecule has 1 aromatic heterocycles. The fraction of sp³-hybridized carbons (Fsp3) is 0.238. The zero-order chi connectivity index (χ0) is 18.6. The molecule has 0 aliphatic heterocycles. The van der Waals surface area contributed by atoms with Crippen LogP contribution in [0.15, 0.2) is 59.1 Å². The predicted octanol–water partition coefficient (Wildman–Crippen LogP) is 4.79. The molecule has 0 unspecified atom stereocenters. The Morgan fingerprint density at radius 3 is 2.54 bits per heavy atom. The molecule has 0 bridgehead atoms. The molecule has 1 N–H and O–H groups in total. The van der Waals surface area contributed by atoms with Gasteiger partial charge >= 0.3 is 0 Å². The standard InChI is InChI=1S/C21H22N2O3/c1-21(2,3)17-6-4-5-7-19(17)25-13-15-8-10-16(11-9-15)18-12-20(22-14-24)26-23-18/h4-12,14H,13H2,1-3H3,(H,22,24). The van der Waals surface area contributed by atoms with Gasteiger partial charge in [0.1, 0.15) is 18.1 Å². The van der Waals surface area contributed by atoms with Crippen molar-refractivity contribution in [3.8, 4) is 17.0 Å². The summed E-state index contributed by atoms with van der Waals surface area (Å²) in [5.74, 6) is 1.23. The zero-order valence-electron chi connectivity index (χ0n) is 15.2. The first-order chi connectivity index (χ1) is 12.5. The fourth-order valence-corrected chi connectivity index (χ4v) is 2.68. The van der Waals surface area contributed by atoms with Crippen LogP contribution < -0.4 is 10.1 Å². The van der Waals surface area contributed by atoms with Crippen molar-refractivity contribution in [3.05, 3.63) is 65.7 Å². The molecule has 0 aliphatic rings. The second-order valence-electron chi connectivity index (χ2n) is 7.07. The maximum atomic E-state index is 10.4. The molecule has 0 aliphatic carbocycles. The Hall–Kier alpha value is -3.08. The number of rotatable bonds is 6. The van der Waals surface area contributed by atoms with Gasteiger partial charge in [0, 0.05) is 11.6 Å². The first-order valence-electron chi connectivity index (χ1n) is 8.46. The normalized spacial score (nSPS) is 11.2. The number of anilines is 1. The third-order valence-electron chi connectivity index (χ3n) is 4.05. The quantitative estimate of drug-likeness (QED) is 0.649. The van der Waals surface area contributed by atoms with E-state index in [9.17, 15) is 4.79 Å². The number of nitrogens with zero attached hydrogens (tertiary/aromatic N) is 1. The maximum Gasteiger partial charge on any atom is 0.231 e. The number of benzene rings is 2. The Morgan fingerprint density at radius 1 is 1.12 bits per heavy atom. The summed E-state index contributed by atoms with van der Waals surface area (Å²) in [5, 5.41) is 6.37. The van der Waals surface area contributed by atoms with Crippen LogP contribution in [0.4, 0.5) is 5.88 Å². The topological polar surface area (TPSA) is 64.4 Å². The molecule has 0 radical (unpaired) electrons. The van der Waals surface area contributed by atoms with E-state index in [2.05, 4.69) is 37.3 Å². The molecule has 3 rings (SSSR count). The minimum absolute atomic E-state index is 0.0284. The Bertz CT molecular complexity index is 877. The number of ether oxygens (including phenoxy) is 1. The average Bonchev–Trinajstić information content (AvgIpc) is 3.09. The molecule has 1 heterocycles. The number of carbonyl (C=O) groups is 1. The van der Waals surface area contributed by atoms with E-state index in [0.29, 0.717) is 24.6 Å². The molecule has 26 heavy (non-hydrogen) atoms. The summed E-state index contributed by atoms with van der Waals surface area (Å²) in [7, 11) is 0. The van der Waals surface area contributed by atoms with Gasteiger partial charge in [-0.1, -0.05) is 68.4 Å². The van der Waals surface area contributed by atoms with Crippen molar-refractivity contribution in [3.63, 3.8) is 0 Å². The highest BCUT2D eigenvalue weighted by atomic mass is 16.5. The lowest BCUT2D eigenvalue weighted by Crippen LogP contribution is -2.13. The third-order valence-corrected chi connectivity index (χ3v) is 4.05. The van der Waals surface area contributed by atoms with E-state index in [4.69, 9.17) is 9.26 Å². The van der Waals surface area contributed by atoms with Gasteiger partial charge in [0.15, 0.2) is 0 Å². The lowest BCUT2D eigenvalue weighted by molar-refractivity contribution is -0.105. The van der Waals surface area contributed by atoms with Gasteiger partial charge < -0.3 is 9.26 Å². The molecule has 5 nitrogen and oxygen atoms in total. The Labute approximate surface area is 153 Å². The molecule has 0 saturated carbocycles. The number of para-hydroxylation sites is 1. The molecule has 0 spiro atoms. The van der Waals surface area contributed by atoms with Gasteiger partial charge in [0.2, 0.25) is 12.3 Å². The van der Waals surface area contributed by atoms with E-state index in [1.807, 2.05) is 42.5 Å². The first-order valence-corrected chi connectivity index (χ1v) is 8.46. The minimum atomic E-state index is 0.0284. The molecule has 134 valence electrons. The molecule has 1 amide bonds. The molecular weight excluding hydrogens is 328 g/mol. The summed E-state index contributed by atoms with van der Waals surface area (Å²) in [4.78, 5) is 10.4. The van der Waals surface area contributed by atoms with Crippen LogP contribution in [0, 0.1) is 0 Å². The van der Waals surface area contributed by atoms with Crippen LogP contribution in [0.25, 0.3) is 11.3 Å². The van der Waals surface area contributed by atoms with E-state index in [1.54, 1.807) is 6.07 Å². The van der Waals surface area contributed by atoms with E-state index >= 15 is 0 Å². The molecule has 5 heteroatoms. The van der Waals surface area contributed by atoms with Gasteiger partial charge in [0.05, 0.1) is 0 Å². The van der Waals surface area contributed by atoms with Crippen LogP contribution in [0.5, 0.6) is 5.75 Å². The zero-order valence-corrected chi connectivity index (χ0v) is 15.2. The van der Waals surface area contributed by atoms with Gasteiger partial charge in [0.25, 0.3) is 0 Å². The van der Waals surface area contributed by atoms with E-state index in [1.165, 1.54) is 5.56 Å². The SMILES string of the molecule is CC(C)(C)c1ccccc1OCc1ccc(-c2cc(NC=O)on2)cc1. The van der Waals surface area contributed by atoms with Crippen molar-refractivity contribution in [2.24, 2.45) is 0 Å². The number of nitrogens with one attached hydrogen (secondary N) is 1. The minimum Gasteiger partial charge on any atom is -0.489 e. The Morgan fingerprint density at radius 2 is 1.85 bits per heavy atom. The van der Waals surface area contributed by atoms with E-state index in [0.717, 1.165) is 16.9 Å². The van der Waals surface area contributed by atoms with Crippen molar-refractivity contribution in [1.29, 1.82) is 0 Å². The first kappa shape index (κ1) is 17.7. The number of aromatic nitrogens is 1. The van der Waals surface area contributed by atoms with Crippen LogP contribution in [0.1, 0.15) is 31.9 Å². The molecule has 2 aromatic carbocycles. The van der Waals surface area contributed by atoms with Crippen LogP contribution >= 0.6 is 0 Å². The van der Waals surface area contributed by atoms with Crippen molar-refractivity contribution < 1.29 is 14.1 Å². The maximum absolute atomic E-state index is 10.4. The number of carbonyl (C=O) groups excluding carboxylic acids is 1. The molecular formula is C21H22N2O3. The molecule has 0 fully saturated rings. The van der Waals surface area contributed by atoms with Crippen LogP contribution in [0.3, 0.4) is 0 Å². The summed E-state index contributed by atoms with van der Waals surface area (Å²) in [6.45, 7) is 7.02. The van der Waals surface area contributed by atoms with Crippen LogP contribution in [-0.4, -0.2) is 11.6 Å². The third kappa shape index (κ3) is 4.11. The Balaban J connectivity index is 1.69. The van der Waals surface area contributed by atoms with Gasteiger partial charge in [-0.05, 0) is 22.6 Å².